The van der Waals surface area contributed by atoms with Crippen LogP contribution in [0.4, 0.5) is 0 Å². The first-order chi connectivity index (χ1) is 10.2. The van der Waals surface area contributed by atoms with E-state index in [1.165, 1.54) is 6.08 Å². The first-order valence-corrected chi connectivity index (χ1v) is 7.29. The number of benzene rings is 1. The SMILES string of the molecule is O=C(/C=C/c1ccc2c(c1)OCO2)N[C@H]1CCCC[C@@H]1O. The number of rotatable bonds is 3. The molecule has 2 N–H and O–H groups in total. The van der Waals surface area contributed by atoms with Crippen molar-refractivity contribution in [3.05, 3.63) is 29.8 Å². The fraction of sp³-hybridized carbons (Fsp3) is 0.438. The molecule has 21 heavy (non-hydrogen) atoms. The number of hydrogen-bond acceptors (Lipinski definition) is 4. The number of aliphatic hydroxyl groups is 1. The molecule has 112 valence electrons. The molecule has 5 heteroatoms. The van der Waals surface area contributed by atoms with Crippen LogP contribution in [0.2, 0.25) is 0 Å². The lowest BCUT2D eigenvalue weighted by molar-refractivity contribution is -0.118. The average Bonchev–Trinajstić information content (AvgIpc) is 2.95. The fourth-order valence-corrected chi connectivity index (χ4v) is 2.70. The molecular formula is C16H19NO4. The van der Waals surface area contributed by atoms with Crippen molar-refractivity contribution in [1.82, 2.24) is 5.32 Å². The van der Waals surface area contributed by atoms with Gasteiger partial charge in [-0.25, -0.2) is 0 Å². The van der Waals surface area contributed by atoms with E-state index >= 15 is 0 Å². The lowest BCUT2D eigenvalue weighted by atomic mass is 9.92. The van der Waals surface area contributed by atoms with Gasteiger partial charge < -0.3 is 19.9 Å². The summed E-state index contributed by atoms with van der Waals surface area (Å²) in [7, 11) is 0. The highest BCUT2D eigenvalue weighted by Gasteiger charge is 2.23. The van der Waals surface area contributed by atoms with Gasteiger partial charge in [0.15, 0.2) is 11.5 Å². The van der Waals surface area contributed by atoms with Crippen LogP contribution >= 0.6 is 0 Å². The summed E-state index contributed by atoms with van der Waals surface area (Å²) in [6.45, 7) is 0.239. The quantitative estimate of drug-likeness (QED) is 0.833. The Kier molecular flexibility index (Phi) is 4.10. The minimum Gasteiger partial charge on any atom is -0.454 e. The number of carbonyl (C=O) groups is 1. The number of nitrogens with one attached hydrogen (secondary N) is 1. The summed E-state index contributed by atoms with van der Waals surface area (Å²) < 4.78 is 10.5. The highest BCUT2D eigenvalue weighted by atomic mass is 16.7. The lowest BCUT2D eigenvalue weighted by Crippen LogP contribution is -2.44. The number of ether oxygens (including phenoxy) is 2. The van der Waals surface area contributed by atoms with Crippen LogP contribution in [0.5, 0.6) is 11.5 Å². The van der Waals surface area contributed by atoms with E-state index in [1.54, 1.807) is 6.08 Å². The van der Waals surface area contributed by atoms with Crippen LogP contribution in [0.1, 0.15) is 31.2 Å². The molecule has 0 saturated heterocycles. The van der Waals surface area contributed by atoms with Crippen molar-refractivity contribution in [1.29, 1.82) is 0 Å². The standard InChI is InChI=1S/C16H19NO4/c18-13-4-2-1-3-12(13)17-16(19)8-6-11-5-7-14-15(9-11)21-10-20-14/h5-9,12-13,18H,1-4,10H2,(H,17,19)/b8-6+/t12-,13-/m0/s1. The maximum atomic E-state index is 11.9. The molecule has 1 aromatic carbocycles. The van der Waals surface area contributed by atoms with Crippen molar-refractivity contribution in [3.63, 3.8) is 0 Å². The van der Waals surface area contributed by atoms with Crippen molar-refractivity contribution < 1.29 is 19.4 Å². The van der Waals surface area contributed by atoms with Gasteiger partial charge in [0.2, 0.25) is 12.7 Å². The first-order valence-electron chi connectivity index (χ1n) is 7.29. The molecule has 5 nitrogen and oxygen atoms in total. The van der Waals surface area contributed by atoms with Crippen molar-refractivity contribution in [2.75, 3.05) is 6.79 Å². The molecule has 2 atom stereocenters. The normalized spacial score (nSPS) is 24.2. The molecule has 1 aliphatic carbocycles. The number of amides is 1. The summed E-state index contributed by atoms with van der Waals surface area (Å²) in [5, 5.41) is 12.7. The Morgan fingerprint density at radius 2 is 2.05 bits per heavy atom. The van der Waals surface area contributed by atoms with E-state index in [9.17, 15) is 9.90 Å². The maximum absolute atomic E-state index is 11.9. The van der Waals surface area contributed by atoms with E-state index < -0.39 is 6.10 Å². The van der Waals surface area contributed by atoms with Gasteiger partial charge >= 0.3 is 0 Å². The van der Waals surface area contributed by atoms with Gasteiger partial charge in [-0.3, -0.25) is 4.79 Å². The van der Waals surface area contributed by atoms with E-state index in [0.717, 1.165) is 37.0 Å². The van der Waals surface area contributed by atoms with Gasteiger partial charge in [-0.05, 0) is 36.6 Å². The Labute approximate surface area is 123 Å². The fourth-order valence-electron chi connectivity index (χ4n) is 2.70. The topological polar surface area (TPSA) is 67.8 Å². The molecule has 1 heterocycles. The molecule has 1 saturated carbocycles. The monoisotopic (exact) mass is 289 g/mol. The van der Waals surface area contributed by atoms with E-state index in [-0.39, 0.29) is 18.7 Å². The highest BCUT2D eigenvalue weighted by Crippen LogP contribution is 2.32. The number of hydrogen-bond donors (Lipinski definition) is 2. The zero-order chi connectivity index (χ0) is 14.7. The average molecular weight is 289 g/mol. The lowest BCUT2D eigenvalue weighted by Gasteiger charge is -2.27. The van der Waals surface area contributed by atoms with Crippen molar-refractivity contribution >= 4 is 12.0 Å². The van der Waals surface area contributed by atoms with Crippen molar-refractivity contribution in [3.8, 4) is 11.5 Å². The predicted molar refractivity (Wildman–Crippen MR) is 78.0 cm³/mol. The predicted octanol–water partition coefficient (Wildman–Crippen LogP) is 1.85. The summed E-state index contributed by atoms with van der Waals surface area (Å²) in [4.78, 5) is 11.9. The van der Waals surface area contributed by atoms with Crippen LogP contribution in [-0.4, -0.2) is 30.0 Å². The molecule has 3 rings (SSSR count). The van der Waals surface area contributed by atoms with E-state index in [1.807, 2.05) is 18.2 Å². The third-order valence-electron chi connectivity index (χ3n) is 3.88. The Bertz CT molecular complexity index is 555. The smallest absolute Gasteiger partial charge is 0.244 e. The number of carbonyl (C=O) groups excluding carboxylic acids is 1. The highest BCUT2D eigenvalue weighted by molar-refractivity contribution is 5.92. The summed E-state index contributed by atoms with van der Waals surface area (Å²) in [5.41, 5.74) is 0.874. The van der Waals surface area contributed by atoms with Crippen LogP contribution in [0, 0.1) is 0 Å². The molecular weight excluding hydrogens is 270 g/mol. The third kappa shape index (κ3) is 3.36. The van der Waals surface area contributed by atoms with Gasteiger partial charge in [0, 0.05) is 6.08 Å². The second-order valence-electron chi connectivity index (χ2n) is 5.41. The summed E-state index contributed by atoms with van der Waals surface area (Å²) in [6, 6.07) is 5.40. The van der Waals surface area contributed by atoms with Gasteiger partial charge in [-0.1, -0.05) is 18.9 Å². The van der Waals surface area contributed by atoms with Crippen molar-refractivity contribution in [2.45, 2.75) is 37.8 Å². The largest absolute Gasteiger partial charge is 0.454 e. The zero-order valence-electron chi connectivity index (χ0n) is 11.7. The molecule has 1 aromatic rings. The maximum Gasteiger partial charge on any atom is 0.244 e. The number of fused-ring (bicyclic) bond motifs is 1. The van der Waals surface area contributed by atoms with Gasteiger partial charge in [0.05, 0.1) is 12.1 Å². The molecule has 0 unspecified atom stereocenters. The van der Waals surface area contributed by atoms with Crippen LogP contribution in [0.25, 0.3) is 6.08 Å². The zero-order valence-corrected chi connectivity index (χ0v) is 11.7. The number of aliphatic hydroxyl groups excluding tert-OH is 1. The molecule has 1 aliphatic heterocycles. The van der Waals surface area contributed by atoms with Crippen LogP contribution in [0.15, 0.2) is 24.3 Å². The minimum absolute atomic E-state index is 0.132. The van der Waals surface area contributed by atoms with Gasteiger partial charge in [0.25, 0.3) is 0 Å². The summed E-state index contributed by atoms with van der Waals surface area (Å²) in [5.74, 6) is 1.24. The Hall–Kier alpha value is -2.01. The van der Waals surface area contributed by atoms with Crippen LogP contribution in [-0.2, 0) is 4.79 Å². The Morgan fingerprint density at radius 1 is 1.24 bits per heavy atom. The second-order valence-corrected chi connectivity index (χ2v) is 5.41. The van der Waals surface area contributed by atoms with E-state index in [0.29, 0.717) is 5.75 Å². The Morgan fingerprint density at radius 3 is 2.90 bits per heavy atom. The molecule has 0 bridgehead atoms. The second kappa shape index (κ2) is 6.18. The Balaban J connectivity index is 1.59. The van der Waals surface area contributed by atoms with Gasteiger partial charge in [-0.15, -0.1) is 0 Å². The van der Waals surface area contributed by atoms with Gasteiger partial charge in [-0.2, -0.15) is 0 Å². The minimum atomic E-state index is -0.429. The van der Waals surface area contributed by atoms with Gasteiger partial charge in [0.1, 0.15) is 0 Å². The van der Waals surface area contributed by atoms with Crippen LogP contribution in [0.3, 0.4) is 0 Å². The molecule has 2 aliphatic rings. The third-order valence-corrected chi connectivity index (χ3v) is 3.88. The molecule has 1 amide bonds. The van der Waals surface area contributed by atoms with E-state index in [4.69, 9.17) is 9.47 Å². The molecule has 1 fully saturated rings. The summed E-state index contributed by atoms with van der Waals surface area (Å²) in [6.07, 6.45) is 6.46. The summed E-state index contributed by atoms with van der Waals surface area (Å²) >= 11 is 0. The first kappa shape index (κ1) is 13.9. The molecule has 0 radical (unpaired) electrons. The van der Waals surface area contributed by atoms with Crippen molar-refractivity contribution in [2.24, 2.45) is 0 Å². The van der Waals surface area contributed by atoms with Crippen LogP contribution < -0.4 is 14.8 Å². The van der Waals surface area contributed by atoms with E-state index in [2.05, 4.69) is 5.32 Å². The molecule has 0 spiro atoms. The molecule has 0 aromatic heterocycles.